The summed E-state index contributed by atoms with van der Waals surface area (Å²) in [5.74, 6) is -12.6. The molecule has 0 heterocycles. The average molecular weight is 323 g/mol. The van der Waals surface area contributed by atoms with E-state index in [0.717, 1.165) is 12.1 Å². The smallest absolute Gasteiger partial charge is 0.345 e. The van der Waals surface area contributed by atoms with Crippen molar-refractivity contribution >= 4 is 10.1 Å². The van der Waals surface area contributed by atoms with E-state index < -0.39 is 44.1 Å². The molecule has 2 aromatic rings. The fourth-order valence-electron chi connectivity index (χ4n) is 1.40. The maximum atomic E-state index is 13.4. The molecular weight excluding hydrogens is 319 g/mol. The Kier molecular flexibility index (Phi) is 3.86. The molecule has 0 aromatic heterocycles. The van der Waals surface area contributed by atoms with Crippen molar-refractivity contribution in [2.45, 2.75) is 4.90 Å². The third-order valence-electron chi connectivity index (χ3n) is 2.31. The van der Waals surface area contributed by atoms with Gasteiger partial charge in [-0.25, -0.2) is 22.0 Å². The third-order valence-corrected chi connectivity index (χ3v) is 3.58. The molecule has 0 unspecified atom stereocenters. The van der Waals surface area contributed by atoms with Gasteiger partial charge < -0.3 is 4.18 Å². The van der Waals surface area contributed by atoms with Crippen LogP contribution in [0.25, 0.3) is 0 Å². The van der Waals surface area contributed by atoms with Crippen LogP contribution < -0.4 is 4.18 Å². The second kappa shape index (κ2) is 5.32. The fourth-order valence-corrected chi connectivity index (χ4v) is 2.47. The summed E-state index contributed by atoms with van der Waals surface area (Å²) in [7, 11) is -5.25. The van der Waals surface area contributed by atoms with Gasteiger partial charge in [-0.2, -0.15) is 8.42 Å². The predicted molar refractivity (Wildman–Crippen MR) is 59.3 cm³/mol. The first kappa shape index (κ1) is 15.2. The molecule has 21 heavy (non-hydrogen) atoms. The number of hydrogen-bond donors (Lipinski definition) is 0. The van der Waals surface area contributed by atoms with E-state index in [-0.39, 0.29) is 5.75 Å². The highest BCUT2D eigenvalue weighted by Gasteiger charge is 2.34. The van der Waals surface area contributed by atoms with Gasteiger partial charge in [-0.1, -0.05) is 12.1 Å². The summed E-state index contributed by atoms with van der Waals surface area (Å²) in [6.45, 7) is 0. The van der Waals surface area contributed by atoms with E-state index in [0.29, 0.717) is 0 Å². The van der Waals surface area contributed by atoms with Gasteiger partial charge in [0.25, 0.3) is 0 Å². The van der Waals surface area contributed by atoms with Crippen LogP contribution in [0.4, 0.5) is 22.0 Å². The first-order valence-corrected chi connectivity index (χ1v) is 6.58. The Balaban J connectivity index is 2.61. The molecule has 0 aliphatic rings. The van der Waals surface area contributed by atoms with Gasteiger partial charge in [-0.3, -0.25) is 0 Å². The fraction of sp³-hybridized carbons (Fsp3) is 0. The first-order chi connectivity index (χ1) is 9.75. The molecule has 3 nitrogen and oxygen atoms in total. The van der Waals surface area contributed by atoms with Crippen LogP contribution in [0.5, 0.6) is 5.75 Å². The van der Waals surface area contributed by atoms with Crippen molar-refractivity contribution in [2.75, 3.05) is 0 Å². The van der Waals surface area contributed by atoms with Gasteiger partial charge in [0.1, 0.15) is 5.75 Å². The lowest BCUT2D eigenvalue weighted by Gasteiger charge is -2.10. The van der Waals surface area contributed by atoms with E-state index >= 15 is 0 Å². The maximum Gasteiger partial charge on any atom is 0.345 e. The average Bonchev–Trinajstić information content (AvgIpc) is 2.43. The molecule has 2 rings (SSSR count). The Hall–Kier alpha value is -2.16. The summed E-state index contributed by atoms with van der Waals surface area (Å²) in [5, 5.41) is 0. The lowest BCUT2D eigenvalue weighted by atomic mass is 10.3. The van der Waals surface area contributed by atoms with Crippen molar-refractivity contribution in [1.29, 1.82) is 0 Å². The van der Waals surface area contributed by atoms with Crippen LogP contribution in [0.1, 0.15) is 0 Å². The van der Waals surface area contributed by atoms with E-state index in [1.165, 1.54) is 12.1 Å². The summed E-state index contributed by atoms with van der Waals surface area (Å²) in [6.07, 6.45) is 0. The summed E-state index contributed by atoms with van der Waals surface area (Å²) < 4.78 is 93.3. The number of halogens is 5. The van der Waals surface area contributed by atoms with Crippen LogP contribution in [0, 0.1) is 35.2 Å². The molecule has 0 aliphatic heterocycles. The van der Waals surface area contributed by atoms with Crippen LogP contribution in [0.15, 0.2) is 29.2 Å². The van der Waals surface area contributed by atoms with E-state index in [4.69, 9.17) is 0 Å². The van der Waals surface area contributed by atoms with E-state index in [9.17, 15) is 30.4 Å². The van der Waals surface area contributed by atoms with Crippen molar-refractivity contribution in [3.8, 4) is 5.75 Å². The summed E-state index contributed by atoms with van der Waals surface area (Å²) in [5.41, 5.74) is 0. The minimum atomic E-state index is -5.25. The van der Waals surface area contributed by atoms with Crippen LogP contribution in [0.3, 0.4) is 0 Å². The zero-order chi connectivity index (χ0) is 15.8. The molecule has 0 atom stereocenters. The second-order valence-corrected chi connectivity index (χ2v) is 5.16. The van der Waals surface area contributed by atoms with Crippen LogP contribution >= 0.6 is 0 Å². The molecule has 0 spiro atoms. The second-order valence-electron chi connectivity index (χ2n) is 3.67. The lowest BCUT2D eigenvalue weighted by Crippen LogP contribution is -2.17. The van der Waals surface area contributed by atoms with Gasteiger partial charge in [-0.05, 0) is 18.2 Å². The Morgan fingerprint density at radius 3 is 1.71 bits per heavy atom. The van der Waals surface area contributed by atoms with Gasteiger partial charge in [0, 0.05) is 0 Å². The standard InChI is InChI=1S/C12H4F5O3S/c13-7-8(14)10(16)12(11(17)9(7)15)21(18,19)20-6-4-2-1-3-5-6/h2-5H. The lowest BCUT2D eigenvalue weighted by molar-refractivity contribution is 0.352. The highest BCUT2D eigenvalue weighted by atomic mass is 32.2. The van der Waals surface area contributed by atoms with E-state index in [1.54, 1.807) is 0 Å². The zero-order valence-electron chi connectivity index (χ0n) is 9.83. The molecule has 0 N–H and O–H groups in total. The van der Waals surface area contributed by atoms with Crippen LogP contribution in [-0.2, 0) is 10.1 Å². The van der Waals surface area contributed by atoms with Gasteiger partial charge in [-0.15, -0.1) is 0 Å². The largest absolute Gasteiger partial charge is 0.379 e. The first-order valence-electron chi connectivity index (χ1n) is 5.17. The quantitative estimate of drug-likeness (QED) is 0.377. The number of hydrogen-bond acceptors (Lipinski definition) is 3. The molecule has 2 aromatic carbocycles. The number of rotatable bonds is 3. The normalized spacial score (nSPS) is 11.5. The predicted octanol–water partition coefficient (Wildman–Crippen LogP) is 2.95. The Morgan fingerprint density at radius 2 is 1.24 bits per heavy atom. The molecule has 0 fully saturated rings. The van der Waals surface area contributed by atoms with Crippen molar-refractivity contribution < 1.29 is 34.6 Å². The Bertz CT molecular complexity index is 761. The molecule has 0 aliphatic carbocycles. The molecule has 111 valence electrons. The van der Waals surface area contributed by atoms with E-state index in [2.05, 4.69) is 10.2 Å². The van der Waals surface area contributed by atoms with Crippen molar-refractivity contribution in [3.05, 3.63) is 59.4 Å². The molecule has 0 saturated heterocycles. The molecule has 0 amide bonds. The van der Waals surface area contributed by atoms with Crippen LogP contribution in [0.2, 0.25) is 0 Å². The van der Waals surface area contributed by atoms with Crippen molar-refractivity contribution in [1.82, 2.24) is 0 Å². The van der Waals surface area contributed by atoms with Crippen molar-refractivity contribution in [3.63, 3.8) is 0 Å². The minimum Gasteiger partial charge on any atom is -0.379 e. The highest BCUT2D eigenvalue weighted by Crippen LogP contribution is 2.28. The molecule has 0 bridgehead atoms. The molecule has 0 saturated carbocycles. The molecule has 1 radical (unpaired) electrons. The van der Waals surface area contributed by atoms with Gasteiger partial charge >= 0.3 is 10.1 Å². The van der Waals surface area contributed by atoms with Gasteiger partial charge in [0.2, 0.25) is 5.82 Å². The third kappa shape index (κ3) is 2.68. The van der Waals surface area contributed by atoms with E-state index in [1.807, 2.05) is 0 Å². The van der Waals surface area contributed by atoms with Gasteiger partial charge in [0.05, 0.1) is 0 Å². The Labute approximate surface area is 115 Å². The molecule has 9 heteroatoms. The maximum absolute atomic E-state index is 13.4. The summed E-state index contributed by atoms with van der Waals surface area (Å²) >= 11 is 0. The molecular formula is C12H4F5O3S. The summed E-state index contributed by atoms with van der Waals surface area (Å²) in [6, 6.07) is 7.11. The van der Waals surface area contributed by atoms with Crippen LogP contribution in [-0.4, -0.2) is 8.42 Å². The van der Waals surface area contributed by atoms with Crippen molar-refractivity contribution in [2.24, 2.45) is 0 Å². The highest BCUT2D eigenvalue weighted by molar-refractivity contribution is 7.87. The minimum absolute atomic E-state index is 0.377. The zero-order valence-corrected chi connectivity index (χ0v) is 10.6. The summed E-state index contributed by atoms with van der Waals surface area (Å²) in [4.78, 5) is -2.05. The van der Waals surface area contributed by atoms with Gasteiger partial charge in [0.15, 0.2) is 28.2 Å². The topological polar surface area (TPSA) is 43.4 Å². The SMILES string of the molecule is O=S(=O)(Oc1cc[c]cc1)c1c(F)c(F)c(F)c(F)c1F. The monoisotopic (exact) mass is 323 g/mol. The number of benzene rings is 2. The Morgan fingerprint density at radius 1 is 0.810 bits per heavy atom.